The maximum atomic E-state index is 13.9. The minimum Gasteiger partial charge on any atom is -0.444 e. The number of terminal acetylenes is 1. The maximum Gasteiger partial charge on any atom is 0.408 e. The summed E-state index contributed by atoms with van der Waals surface area (Å²) in [6.07, 6.45) is 6.90. The second-order valence-corrected chi connectivity index (χ2v) is 10.7. The molecule has 1 fully saturated rings. The molecule has 38 heavy (non-hydrogen) atoms. The molecule has 2 atom stereocenters. The third-order valence-electron chi connectivity index (χ3n) is 6.28. The molecular weight excluding hydrogens is 506 g/mol. The molecule has 2 unspecified atom stereocenters. The number of carbonyl (C=O) groups is 3. The van der Waals surface area contributed by atoms with E-state index in [9.17, 15) is 19.5 Å². The average molecular weight is 540 g/mol. The number of amides is 3. The summed E-state index contributed by atoms with van der Waals surface area (Å²) in [7, 11) is 0. The van der Waals surface area contributed by atoms with Crippen molar-refractivity contribution in [1.29, 1.82) is 0 Å². The highest BCUT2D eigenvalue weighted by atomic mass is 35.5. The van der Waals surface area contributed by atoms with Crippen LogP contribution in [0, 0.1) is 19.3 Å². The molecule has 3 rings (SSSR count). The van der Waals surface area contributed by atoms with Crippen LogP contribution in [0.3, 0.4) is 0 Å². The minimum atomic E-state index is -1.31. The molecule has 2 aromatic carbocycles. The number of para-hydroxylation sites is 1. The second-order valence-electron chi connectivity index (χ2n) is 10.3. The summed E-state index contributed by atoms with van der Waals surface area (Å²) < 4.78 is 5.28. The predicted octanol–water partition coefficient (Wildman–Crippen LogP) is 4.58. The van der Waals surface area contributed by atoms with Crippen LogP contribution in [0.2, 0.25) is 5.02 Å². The highest BCUT2D eigenvalue weighted by Gasteiger charge is 2.42. The molecule has 3 amide bonds. The largest absolute Gasteiger partial charge is 0.444 e. The van der Waals surface area contributed by atoms with Crippen molar-refractivity contribution in [2.24, 2.45) is 0 Å². The first-order valence-corrected chi connectivity index (χ1v) is 12.9. The van der Waals surface area contributed by atoms with E-state index in [0.29, 0.717) is 34.7 Å². The number of aliphatic hydroxyl groups is 1. The third-order valence-corrected chi connectivity index (χ3v) is 6.60. The van der Waals surface area contributed by atoms with Crippen LogP contribution < -0.4 is 10.6 Å². The topological polar surface area (TPSA) is 108 Å². The molecule has 0 aromatic heterocycles. The number of aryl methyl sites for hydroxylation is 1. The Morgan fingerprint density at radius 3 is 2.34 bits per heavy atom. The van der Waals surface area contributed by atoms with Gasteiger partial charge < -0.3 is 25.4 Å². The van der Waals surface area contributed by atoms with Gasteiger partial charge in [0.15, 0.2) is 0 Å². The first kappa shape index (κ1) is 29.0. The van der Waals surface area contributed by atoms with Gasteiger partial charge >= 0.3 is 6.09 Å². The molecule has 2 aromatic rings. The number of benzene rings is 2. The van der Waals surface area contributed by atoms with Crippen LogP contribution in [0.4, 0.5) is 10.5 Å². The van der Waals surface area contributed by atoms with Crippen molar-refractivity contribution in [2.75, 3.05) is 11.9 Å². The molecule has 9 heteroatoms. The molecule has 0 radical (unpaired) electrons. The van der Waals surface area contributed by atoms with Crippen LogP contribution in [0.5, 0.6) is 0 Å². The molecule has 1 aliphatic rings. The SMILES string of the molecule is C#Cc1ccc(C(C(=O)Nc2c(C)cccc2Cl)N(C(=O)C(CO)NC(=O)OC(C)(C)C)C2CCC2)cc1. The Kier molecular flexibility index (Phi) is 9.42. The Balaban J connectivity index is 2.02. The Hall–Kier alpha value is -3.54. The van der Waals surface area contributed by atoms with Crippen LogP contribution in [-0.4, -0.2) is 52.2 Å². The van der Waals surface area contributed by atoms with E-state index < -0.39 is 42.2 Å². The zero-order valence-corrected chi connectivity index (χ0v) is 22.8. The monoisotopic (exact) mass is 539 g/mol. The molecule has 1 aliphatic carbocycles. The number of rotatable bonds is 8. The number of ether oxygens (including phenoxy) is 1. The summed E-state index contributed by atoms with van der Waals surface area (Å²) in [4.78, 5) is 41.7. The highest BCUT2D eigenvalue weighted by molar-refractivity contribution is 6.34. The summed E-state index contributed by atoms with van der Waals surface area (Å²) >= 11 is 6.38. The number of nitrogens with zero attached hydrogens (tertiary/aromatic N) is 1. The van der Waals surface area contributed by atoms with Crippen molar-refractivity contribution < 1.29 is 24.2 Å². The Morgan fingerprint density at radius 1 is 1.18 bits per heavy atom. The van der Waals surface area contributed by atoms with Gasteiger partial charge in [0.25, 0.3) is 5.91 Å². The number of carbonyl (C=O) groups excluding carboxylic acids is 3. The molecular formula is C29H34ClN3O5. The normalized spacial score (nSPS) is 14.9. The Labute approximate surface area is 228 Å². The van der Waals surface area contributed by atoms with Gasteiger partial charge in [-0.3, -0.25) is 9.59 Å². The van der Waals surface area contributed by atoms with E-state index in [0.717, 1.165) is 12.0 Å². The van der Waals surface area contributed by atoms with Gasteiger partial charge in [0.1, 0.15) is 17.7 Å². The Bertz CT molecular complexity index is 1190. The van der Waals surface area contributed by atoms with Gasteiger partial charge in [-0.1, -0.05) is 41.8 Å². The van der Waals surface area contributed by atoms with Crippen molar-refractivity contribution >= 4 is 35.2 Å². The fraction of sp³-hybridized carbons (Fsp3) is 0.414. The molecule has 3 N–H and O–H groups in total. The highest BCUT2D eigenvalue weighted by Crippen LogP contribution is 2.35. The summed E-state index contributed by atoms with van der Waals surface area (Å²) in [5.74, 6) is 1.47. The number of aliphatic hydroxyl groups excluding tert-OH is 1. The maximum absolute atomic E-state index is 13.9. The van der Waals surface area contributed by atoms with Crippen molar-refractivity contribution in [3.8, 4) is 12.3 Å². The third kappa shape index (κ3) is 7.06. The van der Waals surface area contributed by atoms with Crippen molar-refractivity contribution in [1.82, 2.24) is 10.2 Å². The summed E-state index contributed by atoms with van der Waals surface area (Å²) in [5.41, 5.74) is 1.55. The van der Waals surface area contributed by atoms with Crippen LogP contribution in [0.1, 0.15) is 62.8 Å². The number of anilines is 1. The lowest BCUT2D eigenvalue weighted by Crippen LogP contribution is -2.58. The van der Waals surface area contributed by atoms with Gasteiger partial charge in [-0.05, 0) is 76.3 Å². The predicted molar refractivity (Wildman–Crippen MR) is 147 cm³/mol. The lowest BCUT2D eigenvalue weighted by atomic mass is 9.88. The lowest BCUT2D eigenvalue weighted by molar-refractivity contribution is -0.146. The van der Waals surface area contributed by atoms with Gasteiger partial charge in [0, 0.05) is 11.6 Å². The fourth-order valence-electron chi connectivity index (χ4n) is 4.18. The van der Waals surface area contributed by atoms with Crippen molar-refractivity contribution in [2.45, 2.75) is 70.7 Å². The summed E-state index contributed by atoms with van der Waals surface area (Å²) in [5, 5.41) is 15.8. The molecule has 0 spiro atoms. The number of hydrogen-bond acceptors (Lipinski definition) is 5. The van der Waals surface area contributed by atoms with Crippen molar-refractivity contribution in [3.05, 3.63) is 64.2 Å². The summed E-state index contributed by atoms with van der Waals surface area (Å²) in [6, 6.07) is 9.40. The molecule has 1 saturated carbocycles. The molecule has 8 nitrogen and oxygen atoms in total. The van der Waals surface area contributed by atoms with Gasteiger partial charge in [-0.25, -0.2) is 4.79 Å². The first-order chi connectivity index (χ1) is 17.9. The van der Waals surface area contributed by atoms with E-state index in [1.165, 1.54) is 4.90 Å². The average Bonchev–Trinajstić information content (AvgIpc) is 2.82. The fourth-order valence-corrected chi connectivity index (χ4v) is 4.45. The van der Waals surface area contributed by atoms with Crippen LogP contribution >= 0.6 is 11.6 Å². The Morgan fingerprint density at radius 2 is 1.84 bits per heavy atom. The minimum absolute atomic E-state index is 0.271. The summed E-state index contributed by atoms with van der Waals surface area (Å²) in [6.45, 7) is 6.23. The zero-order valence-electron chi connectivity index (χ0n) is 22.1. The van der Waals surface area contributed by atoms with E-state index in [2.05, 4.69) is 16.6 Å². The quantitative estimate of drug-likeness (QED) is 0.426. The first-order valence-electron chi connectivity index (χ1n) is 12.5. The van der Waals surface area contributed by atoms with E-state index in [-0.39, 0.29) is 6.04 Å². The van der Waals surface area contributed by atoms with Crippen LogP contribution in [-0.2, 0) is 14.3 Å². The molecule has 202 valence electrons. The van der Waals surface area contributed by atoms with Crippen LogP contribution in [0.25, 0.3) is 0 Å². The van der Waals surface area contributed by atoms with Gasteiger partial charge in [-0.2, -0.15) is 0 Å². The lowest BCUT2D eigenvalue weighted by Gasteiger charge is -2.43. The molecule has 0 aliphatic heterocycles. The van der Waals surface area contributed by atoms with E-state index in [1.54, 1.807) is 57.2 Å². The van der Waals surface area contributed by atoms with Gasteiger partial charge in [0.05, 0.1) is 17.3 Å². The molecule has 0 heterocycles. The van der Waals surface area contributed by atoms with Crippen molar-refractivity contribution in [3.63, 3.8) is 0 Å². The standard InChI is InChI=1S/C29H34ClN3O5/c1-6-19-13-15-20(16-14-19)25(26(35)32-24-18(2)9-7-12-22(24)30)33(21-10-8-11-21)27(36)23(17-34)31-28(37)38-29(3,4)5/h1,7,9,12-16,21,23,25,34H,8,10-11,17H2,2-5H3,(H,31,37)(H,32,35). The number of nitrogens with one attached hydrogen (secondary N) is 2. The molecule has 0 saturated heterocycles. The van der Waals surface area contributed by atoms with E-state index in [1.807, 2.05) is 13.0 Å². The number of hydrogen-bond donors (Lipinski definition) is 3. The smallest absolute Gasteiger partial charge is 0.408 e. The van der Waals surface area contributed by atoms with Gasteiger partial charge in [-0.15, -0.1) is 6.42 Å². The zero-order chi connectivity index (χ0) is 28.0. The van der Waals surface area contributed by atoms with E-state index in [4.69, 9.17) is 22.8 Å². The van der Waals surface area contributed by atoms with Crippen LogP contribution in [0.15, 0.2) is 42.5 Å². The van der Waals surface area contributed by atoms with E-state index >= 15 is 0 Å². The number of halogens is 1. The van der Waals surface area contributed by atoms with Gasteiger partial charge in [0.2, 0.25) is 5.91 Å². The second kappa shape index (κ2) is 12.3. The number of alkyl carbamates (subject to hydrolysis) is 1. The molecule has 0 bridgehead atoms.